The lowest BCUT2D eigenvalue weighted by Crippen LogP contribution is -2.00. The van der Waals surface area contributed by atoms with Gasteiger partial charge in [-0.15, -0.1) is 0 Å². The molecule has 0 amide bonds. The summed E-state index contributed by atoms with van der Waals surface area (Å²) >= 11 is 0. The molecule has 3 heterocycles. The first-order chi connectivity index (χ1) is 11.3. The van der Waals surface area contributed by atoms with Gasteiger partial charge in [-0.3, -0.25) is 9.78 Å². The third kappa shape index (κ3) is 2.43. The van der Waals surface area contributed by atoms with E-state index in [4.69, 9.17) is 4.52 Å². The Morgan fingerprint density at radius 3 is 2.83 bits per heavy atom. The summed E-state index contributed by atoms with van der Waals surface area (Å²) in [6.07, 6.45) is 5.33. The van der Waals surface area contributed by atoms with Crippen LogP contribution in [0.25, 0.3) is 11.5 Å². The number of rotatable bonds is 5. The average Bonchev–Trinajstić information content (AvgIpc) is 3.45. The van der Waals surface area contributed by atoms with E-state index in [9.17, 15) is 0 Å². The number of nitrogens with one attached hydrogen (secondary N) is 1. The number of nitrogens with zero attached hydrogens (tertiary/aromatic N) is 6. The van der Waals surface area contributed by atoms with Crippen LogP contribution in [0.5, 0.6) is 0 Å². The molecule has 118 valence electrons. The standard InChI is InChI=1S/C15H17N7O/c1-22-12(16-14(20-22)9-4-5-9)7-13-17-15(21-23-13)11-6-10(18-19-11)8-2-3-8/h6,8-9H,2-5,7H2,1H3,(H,18,19). The maximum atomic E-state index is 5.35. The van der Waals surface area contributed by atoms with Crippen molar-refractivity contribution in [1.82, 2.24) is 35.1 Å². The Morgan fingerprint density at radius 1 is 1.22 bits per heavy atom. The molecule has 1 N–H and O–H groups in total. The fraction of sp³-hybridized carbons (Fsp3) is 0.533. The average molecular weight is 311 g/mol. The van der Waals surface area contributed by atoms with Gasteiger partial charge in [0.15, 0.2) is 5.82 Å². The van der Waals surface area contributed by atoms with Gasteiger partial charge in [-0.2, -0.15) is 15.2 Å². The van der Waals surface area contributed by atoms with Gasteiger partial charge < -0.3 is 4.52 Å². The number of hydrogen-bond acceptors (Lipinski definition) is 6. The molecule has 3 aromatic rings. The summed E-state index contributed by atoms with van der Waals surface area (Å²) in [6, 6.07) is 2.01. The molecular formula is C15H17N7O. The predicted molar refractivity (Wildman–Crippen MR) is 79.6 cm³/mol. The van der Waals surface area contributed by atoms with Gasteiger partial charge in [-0.25, -0.2) is 4.98 Å². The highest BCUT2D eigenvalue weighted by atomic mass is 16.5. The van der Waals surface area contributed by atoms with E-state index in [2.05, 4.69) is 30.4 Å². The van der Waals surface area contributed by atoms with Crippen LogP contribution in [0.3, 0.4) is 0 Å². The van der Waals surface area contributed by atoms with E-state index < -0.39 is 0 Å². The quantitative estimate of drug-likeness (QED) is 0.773. The number of aromatic amines is 1. The summed E-state index contributed by atoms with van der Waals surface area (Å²) in [5, 5.41) is 15.8. The van der Waals surface area contributed by atoms with Crippen molar-refractivity contribution >= 4 is 0 Å². The van der Waals surface area contributed by atoms with Crippen molar-refractivity contribution < 1.29 is 4.52 Å². The van der Waals surface area contributed by atoms with Crippen LogP contribution in [-0.4, -0.2) is 35.1 Å². The Hall–Kier alpha value is -2.51. The molecule has 2 aliphatic carbocycles. The summed E-state index contributed by atoms with van der Waals surface area (Å²) in [4.78, 5) is 9.03. The fourth-order valence-corrected chi connectivity index (χ4v) is 2.73. The van der Waals surface area contributed by atoms with Gasteiger partial charge in [0.1, 0.15) is 11.5 Å². The highest BCUT2D eigenvalue weighted by Gasteiger charge is 2.29. The Kier molecular flexibility index (Phi) is 2.67. The van der Waals surface area contributed by atoms with Gasteiger partial charge >= 0.3 is 0 Å². The molecule has 0 atom stereocenters. The number of aryl methyl sites for hydroxylation is 1. The second-order valence-electron chi connectivity index (χ2n) is 6.46. The number of hydrogen-bond donors (Lipinski definition) is 1. The van der Waals surface area contributed by atoms with Gasteiger partial charge in [-0.1, -0.05) is 5.16 Å². The molecule has 5 rings (SSSR count). The smallest absolute Gasteiger partial charge is 0.234 e. The first kappa shape index (κ1) is 13.0. The summed E-state index contributed by atoms with van der Waals surface area (Å²) in [5.74, 6) is 4.01. The molecular weight excluding hydrogens is 294 g/mol. The van der Waals surface area contributed by atoms with Crippen molar-refractivity contribution in [1.29, 1.82) is 0 Å². The van der Waals surface area contributed by atoms with Crippen molar-refractivity contribution in [2.45, 2.75) is 43.9 Å². The van der Waals surface area contributed by atoms with Crippen LogP contribution in [0.2, 0.25) is 0 Å². The molecule has 0 unspecified atom stereocenters. The van der Waals surface area contributed by atoms with Gasteiger partial charge in [-0.05, 0) is 31.7 Å². The first-order valence-corrected chi connectivity index (χ1v) is 8.04. The SMILES string of the molecule is Cn1nc(C2CC2)nc1Cc1nc(-c2cc(C3CC3)[nH]n2)no1. The van der Waals surface area contributed by atoms with Gasteiger partial charge in [0.2, 0.25) is 11.7 Å². The van der Waals surface area contributed by atoms with Gasteiger partial charge in [0, 0.05) is 24.6 Å². The van der Waals surface area contributed by atoms with Crippen LogP contribution in [0.15, 0.2) is 10.6 Å². The van der Waals surface area contributed by atoms with Crippen molar-refractivity contribution in [3.05, 3.63) is 29.3 Å². The van der Waals surface area contributed by atoms with Crippen LogP contribution in [0.1, 0.15) is 60.8 Å². The van der Waals surface area contributed by atoms with Crippen molar-refractivity contribution in [3.63, 3.8) is 0 Å². The van der Waals surface area contributed by atoms with E-state index in [1.54, 1.807) is 4.68 Å². The Morgan fingerprint density at radius 2 is 2.04 bits per heavy atom. The normalized spacial score (nSPS) is 17.8. The summed E-state index contributed by atoms with van der Waals surface area (Å²) in [5.41, 5.74) is 1.90. The molecule has 23 heavy (non-hydrogen) atoms. The number of H-pyrrole nitrogens is 1. The van der Waals surface area contributed by atoms with Crippen LogP contribution in [0.4, 0.5) is 0 Å². The molecule has 0 aliphatic heterocycles. The third-order valence-corrected chi connectivity index (χ3v) is 4.43. The van der Waals surface area contributed by atoms with Crippen LogP contribution in [0, 0.1) is 0 Å². The van der Waals surface area contributed by atoms with Crippen LogP contribution < -0.4 is 0 Å². The maximum Gasteiger partial charge on any atom is 0.234 e. The van der Waals surface area contributed by atoms with E-state index in [0.717, 1.165) is 23.0 Å². The Labute approximate surface area is 132 Å². The molecule has 2 fully saturated rings. The maximum absolute atomic E-state index is 5.35. The molecule has 8 heteroatoms. The lowest BCUT2D eigenvalue weighted by molar-refractivity contribution is 0.382. The molecule has 2 aliphatic rings. The van der Waals surface area contributed by atoms with Crippen molar-refractivity contribution in [3.8, 4) is 11.5 Å². The zero-order valence-corrected chi connectivity index (χ0v) is 12.9. The van der Waals surface area contributed by atoms with E-state index in [0.29, 0.717) is 30.0 Å². The van der Waals surface area contributed by atoms with Crippen molar-refractivity contribution in [2.24, 2.45) is 7.05 Å². The Bertz CT molecular complexity index is 853. The second kappa shape index (κ2) is 4.74. The molecule has 0 spiro atoms. The zero-order valence-electron chi connectivity index (χ0n) is 12.9. The Balaban J connectivity index is 1.36. The van der Waals surface area contributed by atoms with E-state index in [-0.39, 0.29) is 0 Å². The predicted octanol–water partition coefficient (Wildman–Crippen LogP) is 1.93. The highest BCUT2D eigenvalue weighted by molar-refractivity contribution is 5.49. The fourth-order valence-electron chi connectivity index (χ4n) is 2.73. The van der Waals surface area contributed by atoms with Crippen LogP contribution in [-0.2, 0) is 13.5 Å². The van der Waals surface area contributed by atoms with Crippen LogP contribution >= 0.6 is 0 Å². The molecule has 0 aromatic carbocycles. The molecule has 0 radical (unpaired) electrons. The molecule has 0 bridgehead atoms. The molecule has 0 saturated heterocycles. The van der Waals surface area contributed by atoms with Crippen molar-refractivity contribution in [2.75, 3.05) is 0 Å². The van der Waals surface area contributed by atoms with E-state index >= 15 is 0 Å². The van der Waals surface area contributed by atoms with Gasteiger partial charge in [0.05, 0.1) is 6.42 Å². The van der Waals surface area contributed by atoms with Gasteiger partial charge in [0.25, 0.3) is 0 Å². The molecule has 3 aromatic heterocycles. The number of aromatic nitrogens is 7. The minimum atomic E-state index is 0.489. The summed E-state index contributed by atoms with van der Waals surface area (Å²) in [6.45, 7) is 0. The molecule has 2 saturated carbocycles. The largest absolute Gasteiger partial charge is 0.338 e. The summed E-state index contributed by atoms with van der Waals surface area (Å²) < 4.78 is 7.16. The lowest BCUT2D eigenvalue weighted by atomic mass is 10.2. The minimum Gasteiger partial charge on any atom is -0.338 e. The molecule has 8 nitrogen and oxygen atoms in total. The van der Waals surface area contributed by atoms with E-state index in [1.807, 2.05) is 13.1 Å². The highest BCUT2D eigenvalue weighted by Crippen LogP contribution is 2.40. The van der Waals surface area contributed by atoms with E-state index in [1.165, 1.54) is 25.7 Å². The minimum absolute atomic E-state index is 0.489. The monoisotopic (exact) mass is 311 g/mol. The second-order valence-corrected chi connectivity index (χ2v) is 6.46. The first-order valence-electron chi connectivity index (χ1n) is 8.04. The lowest BCUT2D eigenvalue weighted by Gasteiger charge is -1.93. The topological polar surface area (TPSA) is 98.3 Å². The summed E-state index contributed by atoms with van der Waals surface area (Å²) in [7, 11) is 1.90. The zero-order chi connectivity index (χ0) is 15.4. The third-order valence-electron chi connectivity index (χ3n) is 4.43.